The van der Waals surface area contributed by atoms with Crippen LogP contribution in [0.5, 0.6) is 0 Å². The fourth-order valence-corrected chi connectivity index (χ4v) is 3.68. The molecule has 0 fully saturated rings. The first-order valence-corrected chi connectivity index (χ1v) is 8.15. The lowest BCUT2D eigenvalue weighted by atomic mass is 10.0. The summed E-state index contributed by atoms with van der Waals surface area (Å²) in [5.74, 6) is 0.539. The zero-order chi connectivity index (χ0) is 13.6. The molecule has 0 unspecified atom stereocenters. The summed E-state index contributed by atoms with van der Waals surface area (Å²) in [6, 6.07) is 9.60. The molecule has 3 nitrogen and oxygen atoms in total. The smallest absolute Gasteiger partial charge is 0.212 e. The monoisotopic (exact) mass is 289 g/mol. The van der Waals surface area contributed by atoms with Gasteiger partial charge in [-0.05, 0) is 32.3 Å². The summed E-state index contributed by atoms with van der Waals surface area (Å²) in [7, 11) is -3.27. The Labute approximate surface area is 115 Å². The van der Waals surface area contributed by atoms with Crippen molar-refractivity contribution >= 4 is 21.6 Å². The molecule has 1 aromatic carbocycles. The molecule has 0 heterocycles. The van der Waals surface area contributed by atoms with Gasteiger partial charge in [0.25, 0.3) is 0 Å². The van der Waals surface area contributed by atoms with E-state index in [0.717, 1.165) is 5.56 Å². The van der Waals surface area contributed by atoms with E-state index in [0.29, 0.717) is 18.7 Å². The third-order valence-corrected chi connectivity index (χ3v) is 4.45. The van der Waals surface area contributed by atoms with Gasteiger partial charge in [-0.3, -0.25) is 0 Å². The quantitative estimate of drug-likeness (QED) is 0.784. The van der Waals surface area contributed by atoms with Crippen LogP contribution in [0, 0.1) is 0 Å². The van der Waals surface area contributed by atoms with Crippen LogP contribution in [-0.2, 0) is 16.4 Å². The molecule has 0 spiro atoms. The third kappa shape index (κ3) is 5.85. The summed E-state index contributed by atoms with van der Waals surface area (Å²) < 4.78 is 26.6. The number of hydrogen-bond acceptors (Lipinski definition) is 2. The molecule has 0 aliphatic heterocycles. The standard InChI is InChI=1S/C13H20ClNO2S/c1-13(2,9-10-14)15-18(16,17)11-8-12-6-4-3-5-7-12/h3-7,15H,8-11H2,1-2H3. The van der Waals surface area contributed by atoms with Crippen LogP contribution in [0.3, 0.4) is 0 Å². The van der Waals surface area contributed by atoms with E-state index in [9.17, 15) is 8.42 Å². The first kappa shape index (κ1) is 15.5. The van der Waals surface area contributed by atoms with Gasteiger partial charge in [-0.1, -0.05) is 30.3 Å². The normalized spacial score (nSPS) is 12.6. The predicted molar refractivity (Wildman–Crippen MR) is 76.5 cm³/mol. The molecule has 1 rings (SSSR count). The Balaban J connectivity index is 2.55. The van der Waals surface area contributed by atoms with Crippen molar-refractivity contribution in [3.63, 3.8) is 0 Å². The van der Waals surface area contributed by atoms with Crippen LogP contribution in [0.4, 0.5) is 0 Å². The van der Waals surface area contributed by atoms with E-state index < -0.39 is 15.6 Å². The minimum atomic E-state index is -3.27. The molecule has 0 aromatic heterocycles. The summed E-state index contributed by atoms with van der Waals surface area (Å²) in [6.45, 7) is 3.69. The molecule has 0 aliphatic rings. The van der Waals surface area contributed by atoms with E-state index in [1.807, 2.05) is 44.2 Å². The second kappa shape index (κ2) is 6.55. The van der Waals surface area contributed by atoms with E-state index in [-0.39, 0.29) is 5.75 Å². The van der Waals surface area contributed by atoms with Crippen LogP contribution in [-0.4, -0.2) is 25.6 Å². The maximum Gasteiger partial charge on any atom is 0.212 e. The lowest BCUT2D eigenvalue weighted by Crippen LogP contribution is -2.44. The summed E-state index contributed by atoms with van der Waals surface area (Å²) >= 11 is 5.65. The lowest BCUT2D eigenvalue weighted by Gasteiger charge is -2.24. The highest BCUT2D eigenvalue weighted by atomic mass is 35.5. The fourth-order valence-electron chi connectivity index (χ4n) is 1.66. The van der Waals surface area contributed by atoms with Crippen LogP contribution in [0.15, 0.2) is 30.3 Å². The van der Waals surface area contributed by atoms with Crippen LogP contribution in [0.2, 0.25) is 0 Å². The van der Waals surface area contributed by atoms with Gasteiger partial charge in [0.05, 0.1) is 5.75 Å². The zero-order valence-corrected chi connectivity index (χ0v) is 12.4. The highest BCUT2D eigenvalue weighted by molar-refractivity contribution is 7.89. The van der Waals surface area contributed by atoms with Crippen LogP contribution >= 0.6 is 11.6 Å². The van der Waals surface area contributed by atoms with Crippen molar-refractivity contribution in [1.82, 2.24) is 4.72 Å². The van der Waals surface area contributed by atoms with E-state index in [1.165, 1.54) is 0 Å². The van der Waals surface area contributed by atoms with E-state index in [2.05, 4.69) is 4.72 Å². The molecular weight excluding hydrogens is 270 g/mol. The molecule has 0 saturated heterocycles. The van der Waals surface area contributed by atoms with Crippen molar-refractivity contribution in [3.8, 4) is 0 Å². The van der Waals surface area contributed by atoms with Crippen molar-refractivity contribution in [2.45, 2.75) is 32.2 Å². The minimum absolute atomic E-state index is 0.0999. The highest BCUT2D eigenvalue weighted by Crippen LogP contribution is 2.12. The van der Waals surface area contributed by atoms with Gasteiger partial charge in [0, 0.05) is 11.4 Å². The SMILES string of the molecule is CC(C)(CCCl)NS(=O)(=O)CCc1ccccc1. The number of aryl methyl sites for hydroxylation is 1. The van der Waals surface area contributed by atoms with Gasteiger partial charge >= 0.3 is 0 Å². The number of benzene rings is 1. The zero-order valence-electron chi connectivity index (χ0n) is 10.8. The van der Waals surface area contributed by atoms with Crippen molar-refractivity contribution in [2.75, 3.05) is 11.6 Å². The van der Waals surface area contributed by atoms with Crippen molar-refractivity contribution < 1.29 is 8.42 Å². The first-order valence-electron chi connectivity index (χ1n) is 5.96. The average molecular weight is 290 g/mol. The first-order chi connectivity index (χ1) is 8.35. The van der Waals surface area contributed by atoms with Gasteiger partial charge in [0.2, 0.25) is 10.0 Å². The summed E-state index contributed by atoms with van der Waals surface area (Å²) in [5, 5.41) is 0. The highest BCUT2D eigenvalue weighted by Gasteiger charge is 2.23. The van der Waals surface area contributed by atoms with Gasteiger partial charge in [-0.25, -0.2) is 13.1 Å². The van der Waals surface area contributed by atoms with Gasteiger partial charge in [-0.2, -0.15) is 0 Å². The van der Waals surface area contributed by atoms with Crippen LogP contribution < -0.4 is 4.72 Å². The second-order valence-corrected chi connectivity index (χ2v) is 7.20. The van der Waals surface area contributed by atoms with Gasteiger partial charge < -0.3 is 0 Å². The Morgan fingerprint density at radius 3 is 2.39 bits per heavy atom. The molecule has 0 bridgehead atoms. The molecular formula is C13H20ClNO2S. The molecule has 0 radical (unpaired) electrons. The third-order valence-electron chi connectivity index (χ3n) is 2.65. The number of halogens is 1. The Bertz CT molecular complexity index is 457. The molecule has 0 atom stereocenters. The largest absolute Gasteiger partial charge is 0.212 e. The Morgan fingerprint density at radius 2 is 1.83 bits per heavy atom. The van der Waals surface area contributed by atoms with E-state index in [1.54, 1.807) is 0 Å². The fraction of sp³-hybridized carbons (Fsp3) is 0.538. The van der Waals surface area contributed by atoms with E-state index in [4.69, 9.17) is 11.6 Å². The van der Waals surface area contributed by atoms with Gasteiger partial charge in [0.1, 0.15) is 0 Å². The van der Waals surface area contributed by atoms with Crippen LogP contribution in [0.1, 0.15) is 25.8 Å². The molecule has 0 amide bonds. The van der Waals surface area contributed by atoms with Crippen molar-refractivity contribution in [2.24, 2.45) is 0 Å². The summed E-state index contributed by atoms with van der Waals surface area (Å²) in [4.78, 5) is 0. The van der Waals surface area contributed by atoms with Gasteiger partial charge in [0.15, 0.2) is 0 Å². The number of sulfonamides is 1. The maximum absolute atomic E-state index is 11.9. The Hall–Kier alpha value is -0.580. The topological polar surface area (TPSA) is 46.2 Å². The molecule has 1 aromatic rings. The van der Waals surface area contributed by atoms with Crippen molar-refractivity contribution in [1.29, 1.82) is 0 Å². The lowest BCUT2D eigenvalue weighted by molar-refractivity contribution is 0.441. The van der Waals surface area contributed by atoms with Gasteiger partial charge in [-0.15, -0.1) is 11.6 Å². The molecule has 0 saturated carbocycles. The van der Waals surface area contributed by atoms with Crippen LogP contribution in [0.25, 0.3) is 0 Å². The molecule has 5 heteroatoms. The Morgan fingerprint density at radius 1 is 1.22 bits per heavy atom. The maximum atomic E-state index is 11.9. The molecule has 18 heavy (non-hydrogen) atoms. The molecule has 102 valence electrons. The molecule has 0 aliphatic carbocycles. The minimum Gasteiger partial charge on any atom is -0.212 e. The Kier molecular flexibility index (Phi) is 5.63. The number of hydrogen-bond donors (Lipinski definition) is 1. The van der Waals surface area contributed by atoms with E-state index >= 15 is 0 Å². The number of rotatable bonds is 7. The summed E-state index contributed by atoms with van der Waals surface area (Å²) in [6.07, 6.45) is 1.13. The van der Waals surface area contributed by atoms with Crippen molar-refractivity contribution in [3.05, 3.63) is 35.9 Å². The number of nitrogens with one attached hydrogen (secondary N) is 1. The summed E-state index contributed by atoms with van der Waals surface area (Å²) in [5.41, 5.74) is 0.537. The number of alkyl halides is 1. The second-order valence-electron chi connectivity index (χ2n) is 4.98. The average Bonchev–Trinajstić information content (AvgIpc) is 2.26. The molecule has 1 N–H and O–H groups in total. The predicted octanol–water partition coefficient (Wildman–Crippen LogP) is 2.56.